The van der Waals surface area contributed by atoms with Crippen LogP contribution in [0.1, 0.15) is 37.4 Å². The van der Waals surface area contributed by atoms with Crippen LogP contribution in [-0.2, 0) is 0 Å². The van der Waals surface area contributed by atoms with Gasteiger partial charge in [0.05, 0.1) is 14.2 Å². The number of benzene rings is 1. The van der Waals surface area contributed by atoms with E-state index >= 15 is 0 Å². The predicted octanol–water partition coefficient (Wildman–Crippen LogP) is 2.73. The first-order chi connectivity index (χ1) is 10.2. The number of H-pyrrole nitrogens is 1. The molecule has 1 heterocycles. The van der Waals surface area contributed by atoms with Crippen molar-refractivity contribution in [1.82, 2.24) is 15.2 Å². The second-order valence-electron chi connectivity index (χ2n) is 5.32. The summed E-state index contributed by atoms with van der Waals surface area (Å²) in [4.78, 5) is 4.61. The minimum Gasteiger partial charge on any atom is -0.493 e. The summed E-state index contributed by atoms with van der Waals surface area (Å²) in [5, 5.41) is 7.36. The van der Waals surface area contributed by atoms with Gasteiger partial charge in [-0.2, -0.15) is 5.10 Å². The van der Waals surface area contributed by atoms with Crippen molar-refractivity contribution in [2.75, 3.05) is 20.0 Å². The minimum atomic E-state index is 0.493. The van der Waals surface area contributed by atoms with Crippen molar-refractivity contribution in [3.05, 3.63) is 18.0 Å². The van der Waals surface area contributed by atoms with Gasteiger partial charge in [0.1, 0.15) is 5.82 Å². The monoisotopic (exact) mass is 288 g/mol. The topological polar surface area (TPSA) is 86.0 Å². The zero-order valence-electron chi connectivity index (χ0n) is 12.3. The first-order valence-electron chi connectivity index (χ1n) is 7.17. The average molecular weight is 288 g/mol. The van der Waals surface area contributed by atoms with Crippen LogP contribution in [0.5, 0.6) is 11.5 Å². The first kappa shape index (κ1) is 13.7. The third-order valence-electron chi connectivity index (χ3n) is 4.04. The van der Waals surface area contributed by atoms with Gasteiger partial charge in [-0.05, 0) is 18.9 Å². The Hall–Kier alpha value is -2.24. The fourth-order valence-corrected chi connectivity index (χ4v) is 2.86. The molecule has 2 aromatic rings. The third kappa shape index (κ3) is 2.53. The van der Waals surface area contributed by atoms with Crippen LogP contribution in [0.25, 0.3) is 11.4 Å². The van der Waals surface area contributed by atoms with Gasteiger partial charge in [0.15, 0.2) is 17.3 Å². The molecule has 0 radical (unpaired) electrons. The molecular weight excluding hydrogens is 268 g/mol. The standard InChI is InChI=1S/C15H20N4O2/c1-20-12-7-10(11(16)8-13(12)21-2)15-17-14(18-19-15)9-5-3-4-6-9/h7-9H,3-6,16H2,1-2H3,(H,17,18,19). The van der Waals surface area contributed by atoms with Crippen molar-refractivity contribution >= 4 is 5.69 Å². The molecule has 1 fully saturated rings. The van der Waals surface area contributed by atoms with Crippen molar-refractivity contribution in [1.29, 1.82) is 0 Å². The highest BCUT2D eigenvalue weighted by Crippen LogP contribution is 2.37. The molecule has 1 aromatic heterocycles. The van der Waals surface area contributed by atoms with E-state index < -0.39 is 0 Å². The summed E-state index contributed by atoms with van der Waals surface area (Å²) in [6.07, 6.45) is 4.88. The van der Waals surface area contributed by atoms with Crippen molar-refractivity contribution in [3.63, 3.8) is 0 Å². The van der Waals surface area contributed by atoms with Crippen molar-refractivity contribution in [2.24, 2.45) is 0 Å². The largest absolute Gasteiger partial charge is 0.493 e. The molecule has 1 aromatic carbocycles. The Morgan fingerprint density at radius 3 is 2.48 bits per heavy atom. The lowest BCUT2D eigenvalue weighted by Gasteiger charge is -2.10. The van der Waals surface area contributed by atoms with Crippen molar-refractivity contribution < 1.29 is 9.47 Å². The Morgan fingerprint density at radius 1 is 1.14 bits per heavy atom. The Balaban J connectivity index is 1.96. The van der Waals surface area contributed by atoms with Gasteiger partial charge in [-0.25, -0.2) is 4.98 Å². The summed E-state index contributed by atoms with van der Waals surface area (Å²) in [6.45, 7) is 0. The number of aromatic amines is 1. The van der Waals surface area contributed by atoms with Gasteiger partial charge in [0, 0.05) is 23.2 Å². The Morgan fingerprint density at radius 2 is 1.81 bits per heavy atom. The Labute approximate surface area is 123 Å². The SMILES string of the molecule is COc1cc(N)c(-c2n[nH]c(C3CCCC3)n2)cc1OC. The number of nitrogens with one attached hydrogen (secondary N) is 1. The second kappa shape index (κ2) is 5.63. The Kier molecular flexibility index (Phi) is 3.68. The zero-order chi connectivity index (χ0) is 14.8. The minimum absolute atomic E-state index is 0.493. The van der Waals surface area contributed by atoms with Gasteiger partial charge in [-0.1, -0.05) is 12.8 Å². The summed E-state index contributed by atoms with van der Waals surface area (Å²) in [5.74, 6) is 3.28. The molecule has 0 saturated heterocycles. The van der Waals surface area contributed by atoms with E-state index in [4.69, 9.17) is 15.2 Å². The van der Waals surface area contributed by atoms with Gasteiger partial charge in [-0.3, -0.25) is 5.10 Å². The van der Waals surface area contributed by atoms with Crippen LogP contribution in [-0.4, -0.2) is 29.4 Å². The molecule has 0 unspecified atom stereocenters. The van der Waals surface area contributed by atoms with Crippen LogP contribution >= 0.6 is 0 Å². The molecule has 1 aliphatic carbocycles. The lowest BCUT2D eigenvalue weighted by Crippen LogP contribution is -1.97. The molecule has 1 aliphatic rings. The molecule has 3 N–H and O–H groups in total. The van der Waals surface area contributed by atoms with Crippen molar-refractivity contribution in [3.8, 4) is 22.9 Å². The van der Waals surface area contributed by atoms with Crippen LogP contribution in [0, 0.1) is 0 Å². The number of hydrogen-bond donors (Lipinski definition) is 2. The molecule has 0 atom stereocenters. The number of ether oxygens (including phenoxy) is 2. The quantitative estimate of drug-likeness (QED) is 0.845. The molecule has 6 heteroatoms. The van der Waals surface area contributed by atoms with Crippen LogP contribution in [0.4, 0.5) is 5.69 Å². The van der Waals surface area contributed by atoms with Gasteiger partial charge in [0.25, 0.3) is 0 Å². The molecule has 0 aliphatic heterocycles. The smallest absolute Gasteiger partial charge is 0.183 e. The molecule has 6 nitrogen and oxygen atoms in total. The second-order valence-corrected chi connectivity index (χ2v) is 5.32. The maximum atomic E-state index is 6.09. The van der Waals surface area contributed by atoms with Crippen LogP contribution < -0.4 is 15.2 Å². The van der Waals surface area contributed by atoms with E-state index in [0.717, 1.165) is 11.4 Å². The third-order valence-corrected chi connectivity index (χ3v) is 4.04. The maximum absolute atomic E-state index is 6.09. The van der Waals surface area contributed by atoms with Gasteiger partial charge >= 0.3 is 0 Å². The number of nitrogen functional groups attached to an aromatic ring is 1. The first-order valence-corrected chi connectivity index (χ1v) is 7.17. The van der Waals surface area contributed by atoms with E-state index in [9.17, 15) is 0 Å². The summed E-state index contributed by atoms with van der Waals surface area (Å²) in [5.41, 5.74) is 7.42. The number of methoxy groups -OCH3 is 2. The van der Waals surface area contributed by atoms with E-state index in [2.05, 4.69) is 15.2 Å². The summed E-state index contributed by atoms with van der Waals surface area (Å²) >= 11 is 0. The molecule has 0 bridgehead atoms. The number of anilines is 1. The zero-order valence-corrected chi connectivity index (χ0v) is 12.3. The van der Waals surface area contributed by atoms with Crippen molar-refractivity contribution in [2.45, 2.75) is 31.6 Å². The van der Waals surface area contributed by atoms with Crippen LogP contribution in [0.15, 0.2) is 12.1 Å². The highest BCUT2D eigenvalue weighted by molar-refractivity contribution is 5.75. The normalized spacial score (nSPS) is 15.3. The number of hydrogen-bond acceptors (Lipinski definition) is 5. The number of rotatable bonds is 4. The predicted molar refractivity (Wildman–Crippen MR) is 80.5 cm³/mol. The highest BCUT2D eigenvalue weighted by Gasteiger charge is 2.22. The van der Waals surface area contributed by atoms with Gasteiger partial charge in [0.2, 0.25) is 0 Å². The average Bonchev–Trinajstić information content (AvgIpc) is 3.17. The van der Waals surface area contributed by atoms with E-state index in [1.165, 1.54) is 25.7 Å². The van der Waals surface area contributed by atoms with Crippen LogP contribution in [0.3, 0.4) is 0 Å². The summed E-state index contributed by atoms with van der Waals surface area (Å²) < 4.78 is 10.6. The van der Waals surface area contributed by atoms with E-state index in [1.54, 1.807) is 20.3 Å². The fraction of sp³-hybridized carbons (Fsp3) is 0.467. The molecule has 112 valence electrons. The van der Waals surface area contributed by atoms with Gasteiger partial charge < -0.3 is 15.2 Å². The summed E-state index contributed by atoms with van der Waals surface area (Å²) in [7, 11) is 3.18. The van der Waals surface area contributed by atoms with E-state index in [1.807, 2.05) is 6.07 Å². The molecule has 3 rings (SSSR count). The molecule has 0 spiro atoms. The molecule has 1 saturated carbocycles. The fourth-order valence-electron chi connectivity index (χ4n) is 2.86. The Bertz CT molecular complexity index is 633. The maximum Gasteiger partial charge on any atom is 0.183 e. The lowest BCUT2D eigenvalue weighted by molar-refractivity contribution is 0.355. The number of nitrogens with zero attached hydrogens (tertiary/aromatic N) is 2. The lowest BCUT2D eigenvalue weighted by atomic mass is 10.1. The highest BCUT2D eigenvalue weighted by atomic mass is 16.5. The number of aromatic nitrogens is 3. The van der Waals surface area contributed by atoms with E-state index in [-0.39, 0.29) is 0 Å². The molecule has 0 amide bonds. The molecule has 21 heavy (non-hydrogen) atoms. The van der Waals surface area contributed by atoms with Gasteiger partial charge in [-0.15, -0.1) is 0 Å². The van der Waals surface area contributed by atoms with Crippen LogP contribution in [0.2, 0.25) is 0 Å². The number of nitrogens with two attached hydrogens (primary N) is 1. The summed E-state index contributed by atoms with van der Waals surface area (Å²) in [6, 6.07) is 3.55. The molecular formula is C15H20N4O2. The van der Waals surface area contributed by atoms with E-state index in [0.29, 0.717) is 28.9 Å².